The van der Waals surface area contributed by atoms with Gasteiger partial charge in [0.05, 0.1) is 22.7 Å². The summed E-state index contributed by atoms with van der Waals surface area (Å²) in [6.07, 6.45) is 4.80. The minimum Gasteiger partial charge on any atom is -0.369 e. The topological polar surface area (TPSA) is 52.0 Å². The van der Waals surface area contributed by atoms with Crippen molar-refractivity contribution in [1.82, 2.24) is 20.3 Å². The van der Waals surface area contributed by atoms with Gasteiger partial charge in [0.2, 0.25) is 0 Å². The third-order valence-electron chi connectivity index (χ3n) is 4.37. The Morgan fingerprint density at radius 1 is 1.57 bits per heavy atom. The maximum Gasteiger partial charge on any atom is 0.106 e. The molecular formula is C14H17ClN4OS. The van der Waals surface area contributed by atoms with Gasteiger partial charge in [0, 0.05) is 24.5 Å². The third-order valence-corrected chi connectivity index (χ3v) is 5.87. The molecule has 0 unspecified atom stereocenters. The first-order valence-corrected chi connectivity index (χ1v) is 8.38. The molecule has 4 rings (SSSR count). The van der Waals surface area contributed by atoms with Crippen molar-refractivity contribution < 1.29 is 4.74 Å². The average Bonchev–Trinajstić information content (AvgIpc) is 3.06. The molecule has 2 aliphatic heterocycles. The molecule has 2 aliphatic rings. The number of aromatic nitrogens is 3. The molecule has 0 aromatic carbocycles. The molecule has 21 heavy (non-hydrogen) atoms. The average molecular weight is 325 g/mol. The maximum atomic E-state index is 6.26. The van der Waals surface area contributed by atoms with Crippen molar-refractivity contribution >= 4 is 22.9 Å². The van der Waals surface area contributed by atoms with E-state index in [0.29, 0.717) is 0 Å². The van der Waals surface area contributed by atoms with Crippen molar-refractivity contribution in [2.75, 3.05) is 13.2 Å². The van der Waals surface area contributed by atoms with E-state index in [4.69, 9.17) is 16.3 Å². The number of fused-ring (bicyclic) bond motifs is 2. The van der Waals surface area contributed by atoms with Gasteiger partial charge in [-0.2, -0.15) is 0 Å². The first kappa shape index (κ1) is 13.7. The second-order valence-electron chi connectivity index (χ2n) is 5.78. The van der Waals surface area contributed by atoms with Crippen molar-refractivity contribution in [3.05, 3.63) is 32.7 Å². The van der Waals surface area contributed by atoms with Crippen LogP contribution < -0.4 is 5.32 Å². The standard InChI is InChI=1S/C14H17ClN4OS/c1-19-8-11(17-18-19)10-7-14(3-4-16-10)13-9(2-5-20-14)6-12(15)21-13/h6,8,10,16H,2-5,7H2,1H3/t10-,14-/m0/s1. The Balaban J connectivity index is 1.69. The predicted octanol–water partition coefficient (Wildman–Crippen LogP) is 2.42. The highest BCUT2D eigenvalue weighted by Crippen LogP contribution is 2.48. The van der Waals surface area contributed by atoms with Crippen LogP contribution in [0.3, 0.4) is 0 Å². The van der Waals surface area contributed by atoms with Crippen LogP contribution in [0.5, 0.6) is 0 Å². The smallest absolute Gasteiger partial charge is 0.106 e. The summed E-state index contributed by atoms with van der Waals surface area (Å²) in [6.45, 7) is 1.68. The molecule has 0 amide bonds. The van der Waals surface area contributed by atoms with E-state index < -0.39 is 0 Å². The molecular weight excluding hydrogens is 308 g/mol. The quantitative estimate of drug-likeness (QED) is 0.875. The Morgan fingerprint density at radius 2 is 2.48 bits per heavy atom. The van der Waals surface area contributed by atoms with Crippen LogP contribution >= 0.6 is 22.9 Å². The molecule has 5 nitrogen and oxygen atoms in total. The summed E-state index contributed by atoms with van der Waals surface area (Å²) in [5, 5.41) is 11.8. The van der Waals surface area contributed by atoms with Crippen molar-refractivity contribution in [1.29, 1.82) is 0 Å². The van der Waals surface area contributed by atoms with Crippen LogP contribution in [-0.4, -0.2) is 28.1 Å². The van der Waals surface area contributed by atoms with Gasteiger partial charge in [0.25, 0.3) is 0 Å². The van der Waals surface area contributed by atoms with E-state index in [9.17, 15) is 0 Å². The zero-order chi connectivity index (χ0) is 14.4. The van der Waals surface area contributed by atoms with Gasteiger partial charge in [-0.25, -0.2) is 0 Å². The SMILES string of the molecule is Cn1cc([C@@H]2C[C@]3(CCN2)OCCc2cc(Cl)sc23)nn1. The minimum absolute atomic E-state index is 0.180. The summed E-state index contributed by atoms with van der Waals surface area (Å²) in [5.41, 5.74) is 2.13. The number of ether oxygens (including phenoxy) is 1. The molecule has 2 atom stereocenters. The Hall–Kier alpha value is -0.950. The fraction of sp³-hybridized carbons (Fsp3) is 0.571. The first-order chi connectivity index (χ1) is 10.2. The highest BCUT2D eigenvalue weighted by Gasteiger charge is 2.44. The van der Waals surface area contributed by atoms with Crippen LogP contribution in [0.15, 0.2) is 12.3 Å². The lowest BCUT2D eigenvalue weighted by Crippen LogP contribution is -2.45. The van der Waals surface area contributed by atoms with E-state index in [1.165, 1.54) is 10.4 Å². The summed E-state index contributed by atoms with van der Waals surface area (Å²) in [7, 11) is 1.89. The lowest BCUT2D eigenvalue weighted by atomic mass is 9.82. The summed E-state index contributed by atoms with van der Waals surface area (Å²) >= 11 is 7.90. The number of nitrogens with one attached hydrogen (secondary N) is 1. The predicted molar refractivity (Wildman–Crippen MR) is 81.6 cm³/mol. The number of hydrogen-bond donors (Lipinski definition) is 1. The van der Waals surface area contributed by atoms with E-state index in [2.05, 4.69) is 21.7 Å². The molecule has 2 aromatic heterocycles. The van der Waals surface area contributed by atoms with Crippen molar-refractivity contribution in [2.24, 2.45) is 7.05 Å². The van der Waals surface area contributed by atoms with Gasteiger partial charge in [-0.15, -0.1) is 16.4 Å². The monoisotopic (exact) mass is 324 g/mol. The van der Waals surface area contributed by atoms with Gasteiger partial charge in [0.15, 0.2) is 0 Å². The second kappa shape index (κ2) is 5.05. The Labute approximate surface area is 132 Å². The van der Waals surface area contributed by atoms with Crippen LogP contribution in [0.2, 0.25) is 4.34 Å². The molecule has 0 aliphatic carbocycles. The van der Waals surface area contributed by atoms with E-state index in [1.807, 2.05) is 13.2 Å². The van der Waals surface area contributed by atoms with E-state index >= 15 is 0 Å². The Kier molecular flexibility index (Phi) is 3.29. The van der Waals surface area contributed by atoms with Crippen molar-refractivity contribution in [2.45, 2.75) is 30.9 Å². The third kappa shape index (κ3) is 2.30. The molecule has 7 heteroatoms. The molecule has 0 saturated carbocycles. The normalized spacial score (nSPS) is 28.8. The second-order valence-corrected chi connectivity index (χ2v) is 7.46. The van der Waals surface area contributed by atoms with Crippen LogP contribution in [0.1, 0.15) is 35.0 Å². The van der Waals surface area contributed by atoms with Gasteiger partial charge < -0.3 is 10.1 Å². The van der Waals surface area contributed by atoms with Crippen LogP contribution in [0.25, 0.3) is 0 Å². The molecule has 1 saturated heterocycles. The lowest BCUT2D eigenvalue weighted by Gasteiger charge is -2.43. The number of rotatable bonds is 1. The number of hydrogen-bond acceptors (Lipinski definition) is 5. The van der Waals surface area contributed by atoms with Gasteiger partial charge in [0.1, 0.15) is 5.60 Å². The van der Waals surface area contributed by atoms with Crippen molar-refractivity contribution in [3.63, 3.8) is 0 Å². The number of halogens is 1. The molecule has 1 N–H and O–H groups in total. The fourth-order valence-corrected chi connectivity index (χ4v) is 4.89. The van der Waals surface area contributed by atoms with E-state index in [-0.39, 0.29) is 11.6 Å². The maximum absolute atomic E-state index is 6.26. The van der Waals surface area contributed by atoms with Crippen LogP contribution in [0.4, 0.5) is 0 Å². The fourth-order valence-electron chi connectivity index (χ4n) is 3.41. The van der Waals surface area contributed by atoms with Crippen LogP contribution in [0, 0.1) is 0 Å². The van der Waals surface area contributed by atoms with Gasteiger partial charge in [-0.05, 0) is 31.0 Å². The molecule has 112 valence electrons. The molecule has 4 heterocycles. The van der Waals surface area contributed by atoms with Gasteiger partial charge >= 0.3 is 0 Å². The van der Waals surface area contributed by atoms with Crippen molar-refractivity contribution in [3.8, 4) is 0 Å². The zero-order valence-electron chi connectivity index (χ0n) is 11.8. The Bertz CT molecular complexity index is 670. The highest BCUT2D eigenvalue weighted by molar-refractivity contribution is 7.16. The number of aryl methyl sites for hydroxylation is 1. The molecule has 0 bridgehead atoms. The zero-order valence-corrected chi connectivity index (χ0v) is 13.4. The summed E-state index contributed by atoms with van der Waals surface area (Å²) in [4.78, 5) is 1.31. The van der Waals surface area contributed by atoms with Crippen LogP contribution in [-0.2, 0) is 23.8 Å². The molecule has 2 aromatic rings. The van der Waals surface area contributed by atoms with E-state index in [1.54, 1.807) is 16.0 Å². The summed E-state index contributed by atoms with van der Waals surface area (Å²) in [5.74, 6) is 0. The van der Waals surface area contributed by atoms with E-state index in [0.717, 1.165) is 42.4 Å². The van der Waals surface area contributed by atoms with Gasteiger partial charge in [-0.3, -0.25) is 4.68 Å². The first-order valence-electron chi connectivity index (χ1n) is 7.18. The number of thiophene rings is 1. The molecule has 1 fully saturated rings. The van der Waals surface area contributed by atoms with Gasteiger partial charge in [-0.1, -0.05) is 16.8 Å². The minimum atomic E-state index is -0.209. The number of nitrogens with zero attached hydrogens (tertiary/aromatic N) is 3. The molecule has 1 spiro atoms. The largest absolute Gasteiger partial charge is 0.369 e. The molecule has 0 radical (unpaired) electrons. The number of piperidine rings is 1. The lowest BCUT2D eigenvalue weighted by molar-refractivity contribution is -0.0871. The Morgan fingerprint density at radius 3 is 3.29 bits per heavy atom. The highest BCUT2D eigenvalue weighted by atomic mass is 35.5. The summed E-state index contributed by atoms with van der Waals surface area (Å²) in [6, 6.07) is 2.28. The summed E-state index contributed by atoms with van der Waals surface area (Å²) < 4.78 is 8.87.